The van der Waals surface area contributed by atoms with Crippen LogP contribution in [0.1, 0.15) is 46.5 Å². The number of ether oxygens (including phenoxy) is 1. The van der Waals surface area contributed by atoms with Crippen LogP contribution in [0.25, 0.3) is 0 Å². The van der Waals surface area contributed by atoms with Crippen molar-refractivity contribution in [3.8, 4) is 0 Å². The monoisotopic (exact) mass is 336 g/mol. The van der Waals surface area contributed by atoms with Crippen LogP contribution in [0.5, 0.6) is 0 Å². The fourth-order valence-corrected chi connectivity index (χ4v) is 2.97. The molecule has 2 fully saturated rings. The first-order valence-corrected chi connectivity index (χ1v) is 8.88. The van der Waals surface area contributed by atoms with Gasteiger partial charge in [-0.15, -0.1) is 0 Å². The van der Waals surface area contributed by atoms with Crippen molar-refractivity contribution in [2.45, 2.75) is 58.6 Å². The molecule has 8 nitrogen and oxygen atoms in total. The molecule has 0 atom stereocenters. The van der Waals surface area contributed by atoms with Gasteiger partial charge >= 0.3 is 6.09 Å². The van der Waals surface area contributed by atoms with Crippen LogP contribution in [-0.4, -0.2) is 51.5 Å². The Morgan fingerprint density at radius 3 is 2.54 bits per heavy atom. The Balaban J connectivity index is 1.42. The van der Waals surface area contributed by atoms with Gasteiger partial charge in [0.15, 0.2) is 0 Å². The number of rotatable bonds is 5. The van der Waals surface area contributed by atoms with Gasteiger partial charge < -0.3 is 15.0 Å². The lowest BCUT2D eigenvalue weighted by atomic mass is 9.97. The van der Waals surface area contributed by atoms with Crippen molar-refractivity contribution in [2.24, 2.45) is 11.8 Å². The van der Waals surface area contributed by atoms with Crippen LogP contribution in [0.15, 0.2) is 0 Å². The van der Waals surface area contributed by atoms with Crippen molar-refractivity contribution >= 4 is 12.0 Å². The van der Waals surface area contributed by atoms with Gasteiger partial charge in [0.1, 0.15) is 5.60 Å². The molecule has 1 N–H and O–H groups in total. The van der Waals surface area contributed by atoms with Crippen LogP contribution in [0.4, 0.5) is 10.7 Å². The lowest BCUT2D eigenvalue weighted by molar-refractivity contribution is 0.0517. The number of carbonyl (C=O) groups excluding carboxylic acids is 1. The van der Waals surface area contributed by atoms with Crippen molar-refractivity contribution in [3.63, 3.8) is 0 Å². The molecule has 1 saturated carbocycles. The molecule has 0 unspecified atom stereocenters. The molecule has 3 rings (SSSR count). The third-order valence-corrected chi connectivity index (χ3v) is 4.47. The highest BCUT2D eigenvalue weighted by Crippen LogP contribution is 2.31. The minimum Gasteiger partial charge on any atom is -0.444 e. The summed E-state index contributed by atoms with van der Waals surface area (Å²) in [4.78, 5) is 14.0. The molecule has 24 heavy (non-hydrogen) atoms. The van der Waals surface area contributed by atoms with E-state index in [-0.39, 0.29) is 6.09 Å². The van der Waals surface area contributed by atoms with E-state index in [1.54, 1.807) is 0 Å². The van der Waals surface area contributed by atoms with Crippen LogP contribution < -0.4 is 10.2 Å². The molecule has 0 spiro atoms. The quantitative estimate of drug-likeness (QED) is 0.883. The summed E-state index contributed by atoms with van der Waals surface area (Å²) in [5, 5.41) is 15.0. The number of anilines is 1. The zero-order valence-electron chi connectivity index (χ0n) is 14.9. The first-order valence-electron chi connectivity index (χ1n) is 8.88. The number of piperidine rings is 1. The Hall–Kier alpha value is -1.86. The van der Waals surface area contributed by atoms with Crippen LogP contribution in [-0.2, 0) is 11.3 Å². The number of alkyl carbamates (subject to hydrolysis) is 1. The van der Waals surface area contributed by atoms with Gasteiger partial charge in [0, 0.05) is 26.2 Å². The fourth-order valence-electron chi connectivity index (χ4n) is 2.97. The molecule has 134 valence electrons. The molecule has 0 aromatic carbocycles. The number of hydrogen-bond acceptors (Lipinski definition) is 6. The van der Waals surface area contributed by atoms with Crippen molar-refractivity contribution in [3.05, 3.63) is 0 Å². The summed E-state index contributed by atoms with van der Waals surface area (Å²) < 4.78 is 7.22. The number of amides is 1. The lowest BCUT2D eigenvalue weighted by Gasteiger charge is -2.32. The Morgan fingerprint density at radius 1 is 1.21 bits per heavy atom. The molecule has 1 amide bonds. The number of carbonyl (C=O) groups is 1. The topological polar surface area (TPSA) is 85.2 Å². The van der Waals surface area contributed by atoms with Crippen LogP contribution in [0.3, 0.4) is 0 Å². The van der Waals surface area contributed by atoms with Gasteiger partial charge in [-0.3, -0.25) is 0 Å². The molecular formula is C16H28N6O2. The van der Waals surface area contributed by atoms with Crippen LogP contribution in [0, 0.1) is 11.8 Å². The van der Waals surface area contributed by atoms with Gasteiger partial charge in [-0.2, -0.15) is 0 Å². The van der Waals surface area contributed by atoms with E-state index in [1.165, 1.54) is 12.8 Å². The average molecular weight is 336 g/mol. The highest BCUT2D eigenvalue weighted by Gasteiger charge is 2.27. The molecule has 0 bridgehead atoms. The Kier molecular flexibility index (Phi) is 4.91. The average Bonchev–Trinajstić information content (AvgIpc) is 3.20. The molecule has 2 aliphatic rings. The van der Waals surface area contributed by atoms with Gasteiger partial charge in [-0.25, -0.2) is 9.48 Å². The van der Waals surface area contributed by atoms with Crippen molar-refractivity contribution in [2.75, 3.05) is 24.5 Å². The second-order valence-corrected chi connectivity index (χ2v) is 7.92. The molecule has 1 saturated heterocycles. The maximum absolute atomic E-state index is 11.7. The summed E-state index contributed by atoms with van der Waals surface area (Å²) in [5.74, 6) is 2.12. The second kappa shape index (κ2) is 6.94. The van der Waals surface area contributed by atoms with E-state index in [0.717, 1.165) is 44.3 Å². The summed E-state index contributed by atoms with van der Waals surface area (Å²) >= 11 is 0. The van der Waals surface area contributed by atoms with E-state index in [4.69, 9.17) is 4.74 Å². The van der Waals surface area contributed by atoms with Crippen LogP contribution >= 0.6 is 0 Å². The van der Waals surface area contributed by atoms with E-state index in [2.05, 4.69) is 25.7 Å². The van der Waals surface area contributed by atoms with Crippen molar-refractivity contribution in [1.82, 2.24) is 25.5 Å². The predicted molar refractivity (Wildman–Crippen MR) is 89.7 cm³/mol. The third-order valence-electron chi connectivity index (χ3n) is 4.47. The van der Waals surface area contributed by atoms with E-state index in [1.807, 2.05) is 25.5 Å². The molecule has 1 aromatic heterocycles. The van der Waals surface area contributed by atoms with E-state index in [0.29, 0.717) is 12.5 Å². The summed E-state index contributed by atoms with van der Waals surface area (Å²) in [6.07, 6.45) is 4.28. The number of aromatic nitrogens is 4. The Morgan fingerprint density at radius 2 is 1.92 bits per heavy atom. The molecule has 1 aliphatic carbocycles. The molecule has 8 heteroatoms. The smallest absolute Gasteiger partial charge is 0.407 e. The Bertz CT molecular complexity index is 555. The van der Waals surface area contributed by atoms with Gasteiger partial charge in [-0.1, -0.05) is 5.10 Å². The van der Waals surface area contributed by atoms with E-state index < -0.39 is 5.60 Å². The standard InChI is InChI=1S/C16H28N6O2/c1-16(2,3)24-15(23)17-10-12-6-8-21(9-7-12)14-18-19-20-22(14)11-13-4-5-13/h12-13H,4-11H2,1-3H3,(H,17,23). The molecule has 1 aliphatic heterocycles. The normalized spacial score (nSPS) is 19.4. The molecule has 1 aromatic rings. The lowest BCUT2D eigenvalue weighted by Crippen LogP contribution is -2.41. The molecule has 0 radical (unpaired) electrons. The largest absolute Gasteiger partial charge is 0.444 e. The van der Waals surface area contributed by atoms with E-state index in [9.17, 15) is 4.79 Å². The third kappa shape index (κ3) is 4.82. The Labute approximate surface area is 142 Å². The van der Waals surface area contributed by atoms with Gasteiger partial charge in [0.25, 0.3) is 0 Å². The van der Waals surface area contributed by atoms with Crippen LogP contribution in [0.2, 0.25) is 0 Å². The highest BCUT2D eigenvalue weighted by atomic mass is 16.6. The minimum absolute atomic E-state index is 0.335. The zero-order chi connectivity index (χ0) is 17.2. The maximum atomic E-state index is 11.7. The first-order chi connectivity index (χ1) is 11.4. The number of tetrazole rings is 1. The van der Waals surface area contributed by atoms with Crippen molar-refractivity contribution < 1.29 is 9.53 Å². The zero-order valence-corrected chi connectivity index (χ0v) is 14.9. The molecule has 2 heterocycles. The van der Waals surface area contributed by atoms with E-state index >= 15 is 0 Å². The fraction of sp³-hybridized carbons (Fsp3) is 0.875. The summed E-state index contributed by atoms with van der Waals surface area (Å²) in [6, 6.07) is 0. The van der Waals surface area contributed by atoms with Crippen molar-refractivity contribution in [1.29, 1.82) is 0 Å². The molecular weight excluding hydrogens is 308 g/mol. The van der Waals surface area contributed by atoms with Gasteiger partial charge in [0.2, 0.25) is 5.95 Å². The SMILES string of the molecule is CC(C)(C)OC(=O)NCC1CCN(c2nnnn2CC2CC2)CC1. The summed E-state index contributed by atoms with van der Waals surface area (Å²) in [6.45, 7) is 9.06. The maximum Gasteiger partial charge on any atom is 0.407 e. The summed E-state index contributed by atoms with van der Waals surface area (Å²) in [7, 11) is 0. The highest BCUT2D eigenvalue weighted by molar-refractivity contribution is 5.67. The minimum atomic E-state index is -0.452. The van der Waals surface area contributed by atoms with Gasteiger partial charge in [-0.05, 0) is 68.7 Å². The summed E-state index contributed by atoms with van der Waals surface area (Å²) in [5.41, 5.74) is -0.452. The number of nitrogens with one attached hydrogen (secondary N) is 1. The first kappa shape index (κ1) is 17.0. The predicted octanol–water partition coefficient (Wildman–Crippen LogP) is 1.82. The second-order valence-electron chi connectivity index (χ2n) is 7.92. The number of hydrogen-bond donors (Lipinski definition) is 1. The number of nitrogens with zero attached hydrogens (tertiary/aromatic N) is 5. The van der Waals surface area contributed by atoms with Gasteiger partial charge in [0.05, 0.1) is 0 Å².